The topological polar surface area (TPSA) is 68.4 Å². The van der Waals surface area contributed by atoms with Crippen LogP contribution in [0.5, 0.6) is 0 Å². The standard InChI is InChI=1S/C18H19F3N6O/c1-3-12-9-26(8-11(2)28-12)15-4-5-22-17(25-15)13-6-24-16-7-23-14(10-27(13)16)18(19,20)21/h4-7,10-12H,3,8-9H2,1-2H3. The smallest absolute Gasteiger partial charge is 0.372 e. The van der Waals surface area contributed by atoms with E-state index in [1.165, 1.54) is 10.6 Å². The van der Waals surface area contributed by atoms with E-state index in [0.29, 0.717) is 36.1 Å². The van der Waals surface area contributed by atoms with Gasteiger partial charge in [0.15, 0.2) is 17.2 Å². The SMILES string of the molecule is CCC1CN(c2ccnc(-c3cnc4cnc(C(F)(F)F)cn34)n2)CC(C)O1. The van der Waals surface area contributed by atoms with Gasteiger partial charge in [-0.1, -0.05) is 6.92 Å². The fourth-order valence-electron chi connectivity index (χ4n) is 3.31. The van der Waals surface area contributed by atoms with Gasteiger partial charge in [0.05, 0.1) is 24.6 Å². The second-order valence-corrected chi connectivity index (χ2v) is 6.76. The maximum atomic E-state index is 13.0. The van der Waals surface area contributed by atoms with Gasteiger partial charge < -0.3 is 9.64 Å². The van der Waals surface area contributed by atoms with Crippen LogP contribution in [0, 0.1) is 0 Å². The molecule has 148 valence electrons. The van der Waals surface area contributed by atoms with E-state index in [4.69, 9.17) is 4.74 Å². The molecule has 0 amide bonds. The summed E-state index contributed by atoms with van der Waals surface area (Å²) in [5.74, 6) is 1.01. The average Bonchev–Trinajstić information content (AvgIpc) is 3.10. The van der Waals surface area contributed by atoms with E-state index in [2.05, 4.69) is 31.8 Å². The molecular formula is C18H19F3N6O. The van der Waals surface area contributed by atoms with Crippen LogP contribution in [-0.4, -0.2) is 49.6 Å². The van der Waals surface area contributed by atoms with Gasteiger partial charge in [-0.3, -0.25) is 4.40 Å². The first kappa shape index (κ1) is 18.6. The number of alkyl halides is 3. The molecule has 1 saturated heterocycles. The molecule has 3 aromatic heterocycles. The predicted molar refractivity (Wildman–Crippen MR) is 95.9 cm³/mol. The quantitative estimate of drug-likeness (QED) is 0.682. The first-order chi connectivity index (χ1) is 13.3. The molecule has 4 rings (SSSR count). The Morgan fingerprint density at radius 3 is 2.75 bits per heavy atom. The Morgan fingerprint density at radius 1 is 1.18 bits per heavy atom. The first-order valence-corrected chi connectivity index (χ1v) is 8.99. The Bertz CT molecular complexity index is 989. The molecule has 0 radical (unpaired) electrons. The van der Waals surface area contributed by atoms with Gasteiger partial charge in [0, 0.05) is 25.5 Å². The molecule has 2 unspecified atom stereocenters. The summed E-state index contributed by atoms with van der Waals surface area (Å²) in [5.41, 5.74) is -0.329. The molecule has 0 saturated carbocycles. The second-order valence-electron chi connectivity index (χ2n) is 6.76. The van der Waals surface area contributed by atoms with Crippen molar-refractivity contribution in [2.45, 2.75) is 38.7 Å². The number of nitrogens with zero attached hydrogens (tertiary/aromatic N) is 6. The number of hydrogen-bond donors (Lipinski definition) is 0. The molecule has 1 fully saturated rings. The van der Waals surface area contributed by atoms with Gasteiger partial charge in [-0.2, -0.15) is 13.2 Å². The second kappa shape index (κ2) is 7.01. The van der Waals surface area contributed by atoms with Gasteiger partial charge in [0.2, 0.25) is 0 Å². The number of fused-ring (bicyclic) bond motifs is 1. The van der Waals surface area contributed by atoms with Crippen molar-refractivity contribution in [1.29, 1.82) is 0 Å². The van der Waals surface area contributed by atoms with Crippen LogP contribution in [0.4, 0.5) is 19.0 Å². The Morgan fingerprint density at radius 2 is 2.00 bits per heavy atom. The lowest BCUT2D eigenvalue weighted by atomic mass is 10.2. The average molecular weight is 392 g/mol. The molecule has 0 N–H and O–H groups in total. The van der Waals surface area contributed by atoms with Crippen molar-refractivity contribution < 1.29 is 17.9 Å². The molecule has 10 heteroatoms. The monoisotopic (exact) mass is 392 g/mol. The summed E-state index contributed by atoms with van der Waals surface area (Å²) >= 11 is 0. The molecule has 0 aliphatic carbocycles. The van der Waals surface area contributed by atoms with Gasteiger partial charge in [0.25, 0.3) is 0 Å². The molecule has 3 aromatic rings. The summed E-state index contributed by atoms with van der Waals surface area (Å²) in [6.07, 6.45) is 1.57. The largest absolute Gasteiger partial charge is 0.434 e. The first-order valence-electron chi connectivity index (χ1n) is 8.99. The van der Waals surface area contributed by atoms with Crippen molar-refractivity contribution in [3.05, 3.63) is 36.5 Å². The molecule has 28 heavy (non-hydrogen) atoms. The third-order valence-corrected chi connectivity index (χ3v) is 4.66. The summed E-state index contributed by atoms with van der Waals surface area (Å²) in [6.45, 7) is 5.46. The zero-order valence-electron chi connectivity index (χ0n) is 15.4. The van der Waals surface area contributed by atoms with Crippen LogP contribution in [0.2, 0.25) is 0 Å². The fourth-order valence-corrected chi connectivity index (χ4v) is 3.31. The number of morpholine rings is 1. The van der Waals surface area contributed by atoms with Crippen molar-refractivity contribution in [2.75, 3.05) is 18.0 Å². The molecule has 2 atom stereocenters. The summed E-state index contributed by atoms with van der Waals surface area (Å²) in [4.78, 5) is 18.5. The third-order valence-electron chi connectivity index (χ3n) is 4.66. The highest BCUT2D eigenvalue weighted by molar-refractivity contribution is 5.58. The summed E-state index contributed by atoms with van der Waals surface area (Å²) in [7, 11) is 0. The van der Waals surface area contributed by atoms with Gasteiger partial charge in [-0.25, -0.2) is 19.9 Å². The van der Waals surface area contributed by atoms with Crippen molar-refractivity contribution in [1.82, 2.24) is 24.3 Å². The number of rotatable bonds is 3. The minimum atomic E-state index is -4.54. The number of imidazole rings is 1. The molecule has 1 aliphatic heterocycles. The van der Waals surface area contributed by atoms with Crippen LogP contribution in [0.3, 0.4) is 0 Å². The number of aromatic nitrogens is 5. The van der Waals surface area contributed by atoms with Gasteiger partial charge >= 0.3 is 6.18 Å². The van der Waals surface area contributed by atoms with Crippen LogP contribution < -0.4 is 4.90 Å². The summed E-state index contributed by atoms with van der Waals surface area (Å²) in [5, 5.41) is 0. The van der Waals surface area contributed by atoms with Crippen molar-refractivity contribution >= 4 is 11.5 Å². The van der Waals surface area contributed by atoms with Gasteiger partial charge in [-0.15, -0.1) is 0 Å². The maximum Gasteiger partial charge on any atom is 0.434 e. The van der Waals surface area contributed by atoms with E-state index in [0.717, 1.165) is 18.8 Å². The van der Waals surface area contributed by atoms with Gasteiger partial charge in [-0.05, 0) is 19.4 Å². The van der Waals surface area contributed by atoms with E-state index in [9.17, 15) is 13.2 Å². The van der Waals surface area contributed by atoms with Crippen LogP contribution in [-0.2, 0) is 10.9 Å². The summed E-state index contributed by atoms with van der Waals surface area (Å²) in [6, 6.07) is 1.79. The van der Waals surface area contributed by atoms with E-state index >= 15 is 0 Å². The lowest BCUT2D eigenvalue weighted by Gasteiger charge is -2.37. The fraction of sp³-hybridized carbons (Fsp3) is 0.444. The zero-order chi connectivity index (χ0) is 19.9. The maximum absolute atomic E-state index is 13.0. The lowest BCUT2D eigenvalue weighted by molar-refractivity contribution is -0.141. The van der Waals surface area contributed by atoms with Crippen LogP contribution in [0.1, 0.15) is 26.0 Å². The van der Waals surface area contributed by atoms with Crippen LogP contribution in [0.25, 0.3) is 17.2 Å². The Kier molecular flexibility index (Phi) is 4.66. The van der Waals surface area contributed by atoms with E-state index in [-0.39, 0.29) is 12.2 Å². The molecule has 0 spiro atoms. The normalized spacial score (nSPS) is 20.7. The highest BCUT2D eigenvalue weighted by atomic mass is 19.4. The number of halogens is 3. The highest BCUT2D eigenvalue weighted by Crippen LogP contribution is 2.29. The van der Waals surface area contributed by atoms with Crippen molar-refractivity contribution in [3.63, 3.8) is 0 Å². The molecular weight excluding hydrogens is 373 g/mol. The zero-order valence-corrected chi connectivity index (χ0v) is 15.4. The van der Waals surface area contributed by atoms with Crippen molar-refractivity contribution in [3.8, 4) is 11.5 Å². The molecule has 0 aromatic carbocycles. The minimum absolute atomic E-state index is 0.0633. The highest BCUT2D eigenvalue weighted by Gasteiger charge is 2.33. The Hall–Kier alpha value is -2.75. The Labute approximate surface area is 159 Å². The van der Waals surface area contributed by atoms with Gasteiger partial charge in [0.1, 0.15) is 11.5 Å². The van der Waals surface area contributed by atoms with E-state index in [1.54, 1.807) is 12.3 Å². The number of hydrogen-bond acceptors (Lipinski definition) is 6. The minimum Gasteiger partial charge on any atom is -0.372 e. The Balaban J connectivity index is 1.72. The van der Waals surface area contributed by atoms with Crippen LogP contribution >= 0.6 is 0 Å². The number of anilines is 1. The molecule has 0 bridgehead atoms. The van der Waals surface area contributed by atoms with E-state index < -0.39 is 11.9 Å². The van der Waals surface area contributed by atoms with Crippen molar-refractivity contribution in [2.24, 2.45) is 0 Å². The van der Waals surface area contributed by atoms with E-state index in [1.807, 2.05) is 6.92 Å². The summed E-state index contributed by atoms with van der Waals surface area (Å²) < 4.78 is 46.3. The molecule has 4 heterocycles. The lowest BCUT2D eigenvalue weighted by Crippen LogP contribution is -2.46. The molecule has 7 nitrogen and oxygen atoms in total. The van der Waals surface area contributed by atoms with Crippen LogP contribution in [0.15, 0.2) is 30.9 Å². The molecule has 1 aliphatic rings. The third kappa shape index (κ3) is 3.51. The predicted octanol–water partition coefficient (Wildman–Crippen LogP) is 3.21. The number of ether oxygens (including phenoxy) is 1.